The Morgan fingerprint density at radius 3 is 2.43 bits per heavy atom. The molecule has 0 saturated heterocycles. The summed E-state index contributed by atoms with van der Waals surface area (Å²) >= 11 is 0. The first-order chi connectivity index (χ1) is 13.9. The Kier molecular flexibility index (Phi) is 7.41. The fraction of sp³-hybridized carbons (Fsp3) is 0.148. The van der Waals surface area contributed by atoms with E-state index in [1.54, 1.807) is 0 Å². The van der Waals surface area contributed by atoms with Crippen molar-refractivity contribution in [3.05, 3.63) is 108 Å². The van der Waals surface area contributed by atoms with Crippen LogP contribution in [-0.4, -0.2) is 12.3 Å². The molecule has 1 aliphatic carbocycles. The molecule has 0 atom stereocenters. The van der Waals surface area contributed by atoms with Gasteiger partial charge in [0.25, 0.3) is 0 Å². The standard InChI is InChI=1S/C27H25N/c1-2-3-13-26-16-9-10-17-27(26)28-22-11-5-6-12-23-18-20-25(21-19-23)24-14-7-4-8-15-24/h2-4,7-10,13-21H,5,11,22H2,1H3/b3-2-,26-13-,28-27?. The Bertz CT molecular complexity index is 972. The second-order valence-corrected chi connectivity index (χ2v) is 6.48. The molecule has 0 unspecified atom stereocenters. The van der Waals surface area contributed by atoms with Gasteiger partial charge in [0, 0.05) is 18.5 Å². The zero-order valence-corrected chi connectivity index (χ0v) is 16.3. The van der Waals surface area contributed by atoms with Gasteiger partial charge in [-0.15, -0.1) is 0 Å². The van der Waals surface area contributed by atoms with E-state index in [0.717, 1.165) is 36.2 Å². The molecule has 28 heavy (non-hydrogen) atoms. The van der Waals surface area contributed by atoms with Crippen LogP contribution >= 0.6 is 0 Å². The van der Waals surface area contributed by atoms with E-state index in [9.17, 15) is 0 Å². The molecule has 0 aromatic heterocycles. The molecule has 1 heteroatoms. The lowest BCUT2D eigenvalue weighted by molar-refractivity contribution is 0.871. The van der Waals surface area contributed by atoms with Crippen molar-refractivity contribution in [1.82, 2.24) is 0 Å². The molecule has 0 heterocycles. The van der Waals surface area contributed by atoms with Crippen molar-refractivity contribution >= 4 is 5.71 Å². The van der Waals surface area contributed by atoms with Crippen LogP contribution in [0.4, 0.5) is 0 Å². The van der Waals surface area contributed by atoms with Crippen LogP contribution in [0.2, 0.25) is 0 Å². The third-order valence-corrected chi connectivity index (χ3v) is 4.37. The number of unbranched alkanes of at least 4 members (excludes halogenated alkanes) is 1. The highest BCUT2D eigenvalue weighted by Gasteiger charge is 2.02. The molecule has 1 aliphatic rings. The molecule has 1 nitrogen and oxygen atoms in total. The summed E-state index contributed by atoms with van der Waals surface area (Å²) in [4.78, 5) is 4.72. The van der Waals surface area contributed by atoms with Crippen molar-refractivity contribution in [3.63, 3.8) is 0 Å². The summed E-state index contributed by atoms with van der Waals surface area (Å²) in [5.74, 6) is 6.52. The second kappa shape index (κ2) is 10.7. The van der Waals surface area contributed by atoms with Crippen molar-refractivity contribution < 1.29 is 0 Å². The van der Waals surface area contributed by atoms with Gasteiger partial charge in [-0.3, -0.25) is 4.99 Å². The Morgan fingerprint density at radius 1 is 0.893 bits per heavy atom. The number of aliphatic imine (C=N–C) groups is 1. The highest BCUT2D eigenvalue weighted by atomic mass is 14.7. The van der Waals surface area contributed by atoms with Crippen LogP contribution in [-0.2, 0) is 0 Å². The van der Waals surface area contributed by atoms with Gasteiger partial charge in [0.05, 0.1) is 5.71 Å². The number of hydrogen-bond acceptors (Lipinski definition) is 1. The van der Waals surface area contributed by atoms with Crippen LogP contribution in [0.3, 0.4) is 0 Å². The predicted octanol–water partition coefficient (Wildman–Crippen LogP) is 6.55. The highest BCUT2D eigenvalue weighted by Crippen LogP contribution is 2.18. The minimum Gasteiger partial charge on any atom is -0.285 e. The van der Waals surface area contributed by atoms with E-state index in [2.05, 4.69) is 78.6 Å². The molecule has 0 saturated carbocycles. The Balaban J connectivity index is 1.50. The molecule has 0 bridgehead atoms. The zero-order valence-electron chi connectivity index (χ0n) is 16.3. The smallest absolute Gasteiger partial charge is 0.0646 e. The van der Waals surface area contributed by atoms with Crippen molar-refractivity contribution in [1.29, 1.82) is 0 Å². The van der Waals surface area contributed by atoms with Crippen molar-refractivity contribution in [2.75, 3.05) is 6.54 Å². The summed E-state index contributed by atoms with van der Waals surface area (Å²) in [6, 6.07) is 18.8. The van der Waals surface area contributed by atoms with Crippen LogP contribution in [0, 0.1) is 11.8 Å². The largest absolute Gasteiger partial charge is 0.285 e. The van der Waals surface area contributed by atoms with Gasteiger partial charge in [-0.25, -0.2) is 0 Å². The molecule has 0 spiro atoms. The van der Waals surface area contributed by atoms with E-state index in [-0.39, 0.29) is 0 Å². The van der Waals surface area contributed by atoms with Crippen molar-refractivity contribution in [2.45, 2.75) is 19.8 Å². The van der Waals surface area contributed by atoms with E-state index < -0.39 is 0 Å². The number of benzene rings is 2. The van der Waals surface area contributed by atoms with Crippen LogP contribution in [0.1, 0.15) is 25.3 Å². The van der Waals surface area contributed by atoms with Crippen molar-refractivity contribution in [2.24, 2.45) is 4.99 Å². The van der Waals surface area contributed by atoms with Gasteiger partial charge in [-0.1, -0.05) is 90.8 Å². The Hall–Kier alpha value is -3.37. The molecule has 2 aromatic carbocycles. The molecule has 0 fully saturated rings. The van der Waals surface area contributed by atoms with Crippen molar-refractivity contribution in [3.8, 4) is 23.0 Å². The van der Waals surface area contributed by atoms with Crippen LogP contribution < -0.4 is 0 Å². The second-order valence-electron chi connectivity index (χ2n) is 6.48. The number of allylic oxidation sites excluding steroid dienone is 8. The van der Waals surface area contributed by atoms with E-state index >= 15 is 0 Å². The summed E-state index contributed by atoms with van der Waals surface area (Å²) in [5.41, 5.74) is 5.71. The molecule has 3 rings (SSSR count). The lowest BCUT2D eigenvalue weighted by atomic mass is 10.0. The average Bonchev–Trinajstić information content (AvgIpc) is 2.76. The molecule has 0 aliphatic heterocycles. The van der Waals surface area contributed by atoms with E-state index in [4.69, 9.17) is 4.99 Å². The Morgan fingerprint density at radius 2 is 1.64 bits per heavy atom. The first-order valence-electron chi connectivity index (χ1n) is 9.74. The predicted molar refractivity (Wildman–Crippen MR) is 121 cm³/mol. The lowest BCUT2D eigenvalue weighted by Crippen LogP contribution is -2.01. The molecular weight excluding hydrogens is 338 g/mol. The first-order valence-corrected chi connectivity index (χ1v) is 9.74. The first kappa shape index (κ1) is 19.4. The quantitative estimate of drug-likeness (QED) is 0.422. The highest BCUT2D eigenvalue weighted by molar-refractivity contribution is 6.11. The average molecular weight is 364 g/mol. The fourth-order valence-electron chi connectivity index (χ4n) is 2.88. The van der Waals surface area contributed by atoms with Gasteiger partial charge in [0.15, 0.2) is 0 Å². The molecule has 2 aromatic rings. The monoisotopic (exact) mass is 363 g/mol. The van der Waals surface area contributed by atoms with Gasteiger partial charge in [0.1, 0.15) is 0 Å². The van der Waals surface area contributed by atoms with Crippen LogP contribution in [0.5, 0.6) is 0 Å². The third-order valence-electron chi connectivity index (χ3n) is 4.37. The summed E-state index contributed by atoms with van der Waals surface area (Å²) < 4.78 is 0. The van der Waals surface area contributed by atoms with Gasteiger partial charge in [-0.05, 0) is 48.3 Å². The Labute approximate surface area is 168 Å². The minimum absolute atomic E-state index is 0.794. The molecule has 0 radical (unpaired) electrons. The number of hydrogen-bond donors (Lipinski definition) is 0. The van der Waals surface area contributed by atoms with Gasteiger partial charge < -0.3 is 0 Å². The summed E-state index contributed by atoms with van der Waals surface area (Å²) in [7, 11) is 0. The molecule has 138 valence electrons. The van der Waals surface area contributed by atoms with E-state index in [0.29, 0.717) is 0 Å². The maximum absolute atomic E-state index is 4.72. The normalized spacial score (nSPS) is 15.9. The topological polar surface area (TPSA) is 12.4 Å². The van der Waals surface area contributed by atoms with E-state index in [1.165, 1.54) is 11.1 Å². The van der Waals surface area contributed by atoms with Gasteiger partial charge >= 0.3 is 0 Å². The number of rotatable bonds is 5. The minimum atomic E-state index is 0.794. The lowest BCUT2D eigenvalue weighted by Gasteiger charge is -2.05. The van der Waals surface area contributed by atoms with Crippen LogP contribution in [0.25, 0.3) is 11.1 Å². The summed E-state index contributed by atoms with van der Waals surface area (Å²) in [5, 5.41) is 0. The summed E-state index contributed by atoms with van der Waals surface area (Å²) in [6.07, 6.45) is 16.2. The molecular formula is C27H25N. The number of nitrogens with zero attached hydrogens (tertiary/aromatic N) is 1. The molecule has 0 N–H and O–H groups in total. The van der Waals surface area contributed by atoms with Gasteiger partial charge in [-0.2, -0.15) is 0 Å². The molecule has 0 amide bonds. The van der Waals surface area contributed by atoms with E-state index in [1.807, 2.05) is 37.3 Å². The fourth-order valence-corrected chi connectivity index (χ4v) is 2.88. The summed E-state index contributed by atoms with van der Waals surface area (Å²) in [6.45, 7) is 2.81. The van der Waals surface area contributed by atoms with Crippen LogP contribution in [0.15, 0.2) is 108 Å². The van der Waals surface area contributed by atoms with Gasteiger partial charge in [0.2, 0.25) is 0 Å². The zero-order chi connectivity index (χ0) is 19.4. The SMILES string of the molecule is C/C=C\C=C1\C=CC=CC1=NCCCC#Cc1ccc(-c2ccccc2)cc1. The maximum atomic E-state index is 4.72. The third kappa shape index (κ3) is 5.83. The maximum Gasteiger partial charge on any atom is 0.0646 e.